The summed E-state index contributed by atoms with van der Waals surface area (Å²) in [6.07, 6.45) is 10.3. The van der Waals surface area contributed by atoms with Crippen molar-refractivity contribution in [3.8, 4) is 0 Å². The summed E-state index contributed by atoms with van der Waals surface area (Å²) in [6, 6.07) is 12.7. The van der Waals surface area contributed by atoms with Gasteiger partial charge < -0.3 is 16.4 Å². The number of amides is 1. The Bertz CT molecular complexity index is 853. The van der Waals surface area contributed by atoms with Gasteiger partial charge in [-0.2, -0.15) is 0 Å². The number of aryl methyl sites for hydroxylation is 2. The number of benzene rings is 2. The summed E-state index contributed by atoms with van der Waals surface area (Å²) in [5, 5.41) is 6.84. The van der Waals surface area contributed by atoms with E-state index in [4.69, 9.17) is 5.73 Å². The molecule has 1 saturated carbocycles. The van der Waals surface area contributed by atoms with Gasteiger partial charge in [-0.15, -0.1) is 0 Å². The summed E-state index contributed by atoms with van der Waals surface area (Å²) < 4.78 is 0. The van der Waals surface area contributed by atoms with E-state index in [0.717, 1.165) is 54.2 Å². The van der Waals surface area contributed by atoms with Gasteiger partial charge in [-0.05, 0) is 85.5 Å². The topological polar surface area (TPSA) is 67.2 Å². The lowest BCUT2D eigenvalue weighted by Crippen LogP contribution is -2.19. The highest BCUT2D eigenvalue weighted by Gasteiger charge is 2.22. The highest BCUT2D eigenvalue weighted by atomic mass is 16.1. The summed E-state index contributed by atoms with van der Waals surface area (Å²) in [4.78, 5) is 12.5. The van der Waals surface area contributed by atoms with Gasteiger partial charge in [0.1, 0.15) is 0 Å². The van der Waals surface area contributed by atoms with Crippen LogP contribution in [0.4, 0.5) is 17.1 Å². The van der Waals surface area contributed by atoms with Gasteiger partial charge in [-0.25, -0.2) is 0 Å². The van der Waals surface area contributed by atoms with E-state index in [1.807, 2.05) is 24.3 Å². The van der Waals surface area contributed by atoms with Crippen molar-refractivity contribution >= 4 is 23.0 Å². The van der Waals surface area contributed by atoms with Gasteiger partial charge in [0, 0.05) is 23.5 Å². The molecule has 0 heterocycles. The van der Waals surface area contributed by atoms with Crippen molar-refractivity contribution in [1.29, 1.82) is 0 Å². The lowest BCUT2D eigenvalue weighted by molar-refractivity contribution is -0.116. The van der Waals surface area contributed by atoms with Gasteiger partial charge in [0.05, 0.1) is 6.04 Å². The number of carbonyl (C=O) groups excluding carboxylic acids is 1. The van der Waals surface area contributed by atoms with Crippen LogP contribution in [-0.4, -0.2) is 5.91 Å². The highest BCUT2D eigenvalue weighted by Crippen LogP contribution is 2.36. The van der Waals surface area contributed by atoms with Crippen molar-refractivity contribution in [2.75, 3.05) is 16.4 Å². The summed E-state index contributed by atoms with van der Waals surface area (Å²) in [5.41, 5.74) is 12.5. The monoisotopic (exact) mass is 391 g/mol. The molecule has 2 aliphatic carbocycles. The van der Waals surface area contributed by atoms with Crippen molar-refractivity contribution < 1.29 is 4.79 Å². The van der Waals surface area contributed by atoms with Gasteiger partial charge in [0.15, 0.2) is 0 Å². The molecular formula is C25H33N3O. The molecule has 1 fully saturated rings. The lowest BCUT2D eigenvalue weighted by atomic mass is 9.86. The average molecular weight is 392 g/mol. The number of nitrogen functional groups attached to an aromatic ring is 1. The van der Waals surface area contributed by atoms with Crippen LogP contribution in [0.5, 0.6) is 0 Å². The highest BCUT2D eigenvalue weighted by molar-refractivity contribution is 5.91. The SMILES string of the molecule is Cc1cc2c(cc1NC(=O)CCC1CCCC1)CCCC2Nc1ccc(N)cc1. The third kappa shape index (κ3) is 4.92. The van der Waals surface area contributed by atoms with Crippen LogP contribution in [0.25, 0.3) is 0 Å². The lowest BCUT2D eigenvalue weighted by Gasteiger charge is -2.29. The van der Waals surface area contributed by atoms with E-state index < -0.39 is 0 Å². The van der Waals surface area contributed by atoms with Crippen LogP contribution in [0.3, 0.4) is 0 Å². The van der Waals surface area contributed by atoms with E-state index in [1.165, 1.54) is 36.8 Å². The number of anilines is 3. The number of nitrogens with one attached hydrogen (secondary N) is 2. The van der Waals surface area contributed by atoms with E-state index >= 15 is 0 Å². The van der Waals surface area contributed by atoms with E-state index in [9.17, 15) is 4.79 Å². The number of fused-ring (bicyclic) bond motifs is 1. The molecule has 4 nitrogen and oxygen atoms in total. The van der Waals surface area contributed by atoms with Crippen LogP contribution >= 0.6 is 0 Å². The third-order valence-corrected chi connectivity index (χ3v) is 6.58. The molecule has 2 aliphatic rings. The maximum absolute atomic E-state index is 12.5. The zero-order valence-electron chi connectivity index (χ0n) is 17.5. The predicted molar refractivity (Wildman–Crippen MR) is 121 cm³/mol. The zero-order valence-corrected chi connectivity index (χ0v) is 17.5. The second kappa shape index (κ2) is 8.89. The second-order valence-electron chi connectivity index (χ2n) is 8.81. The molecule has 1 atom stereocenters. The third-order valence-electron chi connectivity index (χ3n) is 6.58. The first kappa shape index (κ1) is 19.8. The molecule has 154 valence electrons. The summed E-state index contributed by atoms with van der Waals surface area (Å²) >= 11 is 0. The van der Waals surface area contributed by atoms with Crippen LogP contribution in [-0.2, 0) is 11.2 Å². The van der Waals surface area contributed by atoms with Crippen LogP contribution < -0.4 is 16.4 Å². The van der Waals surface area contributed by atoms with Gasteiger partial charge in [0.25, 0.3) is 0 Å². The average Bonchev–Trinajstić information content (AvgIpc) is 3.23. The first-order chi connectivity index (χ1) is 14.1. The molecule has 0 radical (unpaired) electrons. The van der Waals surface area contributed by atoms with Crippen molar-refractivity contribution in [2.45, 2.75) is 70.8 Å². The van der Waals surface area contributed by atoms with Crippen molar-refractivity contribution in [1.82, 2.24) is 0 Å². The Balaban J connectivity index is 1.43. The molecule has 1 unspecified atom stereocenters. The fourth-order valence-corrected chi connectivity index (χ4v) is 4.88. The van der Waals surface area contributed by atoms with Crippen molar-refractivity contribution in [2.24, 2.45) is 5.92 Å². The molecule has 0 saturated heterocycles. The number of rotatable bonds is 6. The Morgan fingerprint density at radius 3 is 2.59 bits per heavy atom. The molecule has 2 aromatic rings. The fraction of sp³-hybridized carbons (Fsp3) is 0.480. The van der Waals surface area contributed by atoms with Crippen LogP contribution in [0.15, 0.2) is 36.4 Å². The first-order valence-electron chi connectivity index (χ1n) is 11.1. The van der Waals surface area contributed by atoms with Gasteiger partial charge in [-0.3, -0.25) is 4.79 Å². The Hall–Kier alpha value is -2.49. The van der Waals surface area contributed by atoms with Gasteiger partial charge in [-0.1, -0.05) is 31.7 Å². The van der Waals surface area contributed by atoms with Gasteiger partial charge in [0.2, 0.25) is 5.91 Å². The molecule has 4 rings (SSSR count). The minimum Gasteiger partial charge on any atom is -0.399 e. The van der Waals surface area contributed by atoms with Gasteiger partial charge >= 0.3 is 0 Å². The minimum atomic E-state index is 0.160. The standard InChI is InChI=1S/C25H33N3O/c1-17-15-22-19(7-4-8-23(22)27-21-12-10-20(26)11-13-21)16-24(17)28-25(29)14-9-18-5-2-3-6-18/h10-13,15-16,18,23,27H,2-9,14,26H2,1H3,(H,28,29). The van der Waals surface area contributed by atoms with E-state index in [-0.39, 0.29) is 5.91 Å². The van der Waals surface area contributed by atoms with Crippen molar-refractivity contribution in [3.05, 3.63) is 53.1 Å². The summed E-state index contributed by atoms with van der Waals surface area (Å²) in [5.74, 6) is 0.915. The Morgan fingerprint density at radius 2 is 1.83 bits per heavy atom. The Morgan fingerprint density at radius 1 is 1.07 bits per heavy atom. The Labute approximate surface area is 174 Å². The largest absolute Gasteiger partial charge is 0.399 e. The molecular weight excluding hydrogens is 358 g/mol. The van der Waals surface area contributed by atoms with Crippen LogP contribution in [0.2, 0.25) is 0 Å². The number of carbonyl (C=O) groups is 1. The summed E-state index contributed by atoms with van der Waals surface area (Å²) in [6.45, 7) is 2.10. The maximum Gasteiger partial charge on any atom is 0.224 e. The molecule has 0 aromatic heterocycles. The molecule has 29 heavy (non-hydrogen) atoms. The molecule has 4 N–H and O–H groups in total. The van der Waals surface area contributed by atoms with Crippen LogP contribution in [0, 0.1) is 12.8 Å². The molecule has 0 spiro atoms. The summed E-state index contributed by atoms with van der Waals surface area (Å²) in [7, 11) is 0. The molecule has 0 bridgehead atoms. The fourth-order valence-electron chi connectivity index (χ4n) is 4.88. The Kier molecular flexibility index (Phi) is 6.08. The van der Waals surface area contributed by atoms with Crippen molar-refractivity contribution in [3.63, 3.8) is 0 Å². The quantitative estimate of drug-likeness (QED) is 0.531. The molecule has 0 aliphatic heterocycles. The number of hydrogen-bond donors (Lipinski definition) is 3. The smallest absolute Gasteiger partial charge is 0.224 e. The molecule has 2 aromatic carbocycles. The normalized spacial score (nSPS) is 19.0. The predicted octanol–water partition coefficient (Wildman–Crippen LogP) is 5.98. The number of hydrogen-bond acceptors (Lipinski definition) is 3. The van der Waals surface area contributed by atoms with Crippen LogP contribution in [0.1, 0.15) is 74.1 Å². The zero-order chi connectivity index (χ0) is 20.2. The van der Waals surface area contributed by atoms with E-state index in [1.54, 1.807) is 0 Å². The first-order valence-corrected chi connectivity index (χ1v) is 11.1. The minimum absolute atomic E-state index is 0.160. The number of nitrogens with two attached hydrogens (primary N) is 1. The maximum atomic E-state index is 12.5. The van der Waals surface area contributed by atoms with E-state index in [0.29, 0.717) is 12.5 Å². The molecule has 1 amide bonds. The second-order valence-corrected chi connectivity index (χ2v) is 8.81. The van der Waals surface area contributed by atoms with E-state index in [2.05, 4.69) is 29.7 Å². The molecule has 4 heteroatoms.